The molecule has 126 valence electrons. The molecule has 1 fully saturated rings. The van der Waals surface area contributed by atoms with Crippen LogP contribution in [0.1, 0.15) is 18.4 Å². The maximum absolute atomic E-state index is 14.0. The van der Waals surface area contributed by atoms with Gasteiger partial charge in [0.2, 0.25) is 11.5 Å². The van der Waals surface area contributed by atoms with Gasteiger partial charge in [-0.25, -0.2) is 9.29 Å². The van der Waals surface area contributed by atoms with Gasteiger partial charge in [0, 0.05) is 17.0 Å². The van der Waals surface area contributed by atoms with E-state index in [2.05, 4.69) is 5.16 Å². The number of oxime groups is 1. The number of hydrogen-bond acceptors (Lipinski definition) is 4. The van der Waals surface area contributed by atoms with Crippen LogP contribution in [0.5, 0.6) is 0 Å². The van der Waals surface area contributed by atoms with E-state index in [1.165, 1.54) is 6.07 Å². The fourth-order valence-corrected chi connectivity index (χ4v) is 3.22. The molecule has 0 N–H and O–H groups in total. The lowest BCUT2D eigenvalue weighted by molar-refractivity contribution is -0.136. The van der Waals surface area contributed by atoms with Crippen molar-refractivity contribution < 1.29 is 18.8 Å². The molecule has 2 aromatic carbocycles. The summed E-state index contributed by atoms with van der Waals surface area (Å²) in [7, 11) is 0. The lowest BCUT2D eigenvalue weighted by atomic mass is 9.92. The fourth-order valence-electron chi connectivity index (χ4n) is 3.09. The highest BCUT2D eigenvalue weighted by Crippen LogP contribution is 2.39. The zero-order valence-corrected chi connectivity index (χ0v) is 13.7. The molecule has 0 bridgehead atoms. The molecular weight excluding hydrogens is 347 g/mol. The van der Waals surface area contributed by atoms with Crippen molar-refractivity contribution in [3.63, 3.8) is 0 Å². The van der Waals surface area contributed by atoms with E-state index in [1.54, 1.807) is 42.5 Å². The first-order chi connectivity index (χ1) is 12.0. The van der Waals surface area contributed by atoms with Crippen LogP contribution in [0.3, 0.4) is 0 Å². The number of imide groups is 1. The predicted octanol–water partition coefficient (Wildman–Crippen LogP) is 3.31. The summed E-state index contributed by atoms with van der Waals surface area (Å²) >= 11 is 5.85. The van der Waals surface area contributed by atoms with E-state index >= 15 is 0 Å². The van der Waals surface area contributed by atoms with Crippen LogP contribution in [0.4, 0.5) is 10.1 Å². The normalized spacial score (nSPS) is 22.5. The molecule has 2 aliphatic rings. The lowest BCUT2D eigenvalue weighted by Gasteiger charge is -2.19. The summed E-state index contributed by atoms with van der Waals surface area (Å²) in [5, 5.41) is 4.38. The Hall–Kier alpha value is -2.73. The van der Waals surface area contributed by atoms with E-state index < -0.39 is 23.2 Å². The molecule has 0 aliphatic carbocycles. The summed E-state index contributed by atoms with van der Waals surface area (Å²) in [4.78, 5) is 31.7. The second-order valence-corrected chi connectivity index (χ2v) is 6.40. The van der Waals surface area contributed by atoms with Crippen molar-refractivity contribution in [1.29, 1.82) is 0 Å². The largest absolute Gasteiger partial charge is 0.378 e. The topological polar surface area (TPSA) is 59.0 Å². The average molecular weight is 359 g/mol. The number of amides is 2. The van der Waals surface area contributed by atoms with Gasteiger partial charge in [0.25, 0.3) is 5.91 Å². The molecule has 2 heterocycles. The Morgan fingerprint density at radius 3 is 2.52 bits per heavy atom. The minimum atomic E-state index is -1.41. The molecule has 0 radical (unpaired) electrons. The Morgan fingerprint density at radius 2 is 1.80 bits per heavy atom. The molecule has 0 saturated carbocycles. The predicted molar refractivity (Wildman–Crippen MR) is 89.9 cm³/mol. The zero-order valence-electron chi connectivity index (χ0n) is 12.9. The average Bonchev–Trinajstić information content (AvgIpc) is 3.11. The highest BCUT2D eigenvalue weighted by Gasteiger charge is 2.58. The molecule has 0 aromatic heterocycles. The number of hydrogen-bond donors (Lipinski definition) is 0. The Kier molecular flexibility index (Phi) is 3.58. The van der Waals surface area contributed by atoms with Crippen molar-refractivity contribution in [3.05, 3.63) is 64.9 Å². The Morgan fingerprint density at radius 1 is 1.08 bits per heavy atom. The SMILES string of the molecule is O=C1CC2(CC(c3ccccc3F)=NO2)C(=O)N1c1ccc(Cl)cc1. The molecule has 4 rings (SSSR count). The van der Waals surface area contributed by atoms with Crippen molar-refractivity contribution in [3.8, 4) is 0 Å². The van der Waals surface area contributed by atoms with E-state index in [-0.39, 0.29) is 18.4 Å². The van der Waals surface area contributed by atoms with Crippen molar-refractivity contribution in [2.24, 2.45) is 5.16 Å². The van der Waals surface area contributed by atoms with Gasteiger partial charge in [0.1, 0.15) is 5.82 Å². The van der Waals surface area contributed by atoms with Gasteiger partial charge in [-0.2, -0.15) is 0 Å². The van der Waals surface area contributed by atoms with Gasteiger partial charge in [0.15, 0.2) is 0 Å². The number of carbonyl (C=O) groups is 2. The quantitative estimate of drug-likeness (QED) is 0.774. The van der Waals surface area contributed by atoms with Crippen LogP contribution >= 0.6 is 11.6 Å². The Bertz CT molecular complexity index is 913. The van der Waals surface area contributed by atoms with Gasteiger partial charge < -0.3 is 4.84 Å². The van der Waals surface area contributed by atoms with E-state index in [9.17, 15) is 14.0 Å². The maximum atomic E-state index is 14.0. The summed E-state index contributed by atoms with van der Waals surface area (Å²) in [6.45, 7) is 0. The molecule has 2 aliphatic heterocycles. The molecule has 5 nitrogen and oxygen atoms in total. The number of carbonyl (C=O) groups excluding carboxylic acids is 2. The van der Waals surface area contributed by atoms with E-state index in [0.717, 1.165) is 4.90 Å². The van der Waals surface area contributed by atoms with Crippen molar-refractivity contribution >= 4 is 34.8 Å². The third kappa shape index (κ3) is 2.49. The molecule has 2 amide bonds. The molecule has 1 unspecified atom stereocenters. The number of benzene rings is 2. The summed E-state index contributed by atoms with van der Waals surface area (Å²) < 4.78 is 14.0. The lowest BCUT2D eigenvalue weighted by Crippen LogP contribution is -2.40. The number of anilines is 1. The first-order valence-electron chi connectivity index (χ1n) is 7.63. The van der Waals surface area contributed by atoms with Gasteiger partial charge in [-0.1, -0.05) is 35.0 Å². The van der Waals surface area contributed by atoms with Crippen LogP contribution in [0.15, 0.2) is 53.7 Å². The first kappa shape index (κ1) is 15.8. The number of halogens is 2. The van der Waals surface area contributed by atoms with Crippen LogP contribution < -0.4 is 4.90 Å². The van der Waals surface area contributed by atoms with Crippen molar-refractivity contribution in [2.45, 2.75) is 18.4 Å². The van der Waals surface area contributed by atoms with E-state index in [4.69, 9.17) is 16.4 Å². The molecule has 1 saturated heterocycles. The standard InChI is InChI=1S/C18H12ClFN2O3/c19-11-5-7-12(8-6-11)22-16(23)10-18(17(22)24)9-15(21-25-18)13-3-1-2-4-14(13)20/h1-8H,9-10H2. The number of nitrogens with zero attached hydrogens (tertiary/aromatic N) is 2. The van der Waals surface area contributed by atoms with Crippen LogP contribution in [0.2, 0.25) is 5.02 Å². The summed E-state index contributed by atoms with van der Waals surface area (Å²) in [6.07, 6.45) is -0.0987. The molecular formula is C18H12ClFN2O3. The Balaban J connectivity index is 1.63. The third-order valence-electron chi connectivity index (χ3n) is 4.33. The van der Waals surface area contributed by atoms with Gasteiger partial charge >= 0.3 is 0 Å². The summed E-state index contributed by atoms with van der Waals surface area (Å²) in [5.74, 6) is -1.35. The molecule has 7 heteroatoms. The minimum absolute atomic E-state index is 0.0442. The van der Waals surface area contributed by atoms with Crippen LogP contribution in [-0.2, 0) is 14.4 Å². The minimum Gasteiger partial charge on any atom is -0.378 e. The highest BCUT2D eigenvalue weighted by atomic mass is 35.5. The zero-order chi connectivity index (χ0) is 17.6. The Labute approximate surface area is 147 Å². The second-order valence-electron chi connectivity index (χ2n) is 5.97. The smallest absolute Gasteiger partial charge is 0.281 e. The van der Waals surface area contributed by atoms with Gasteiger partial charge in [-0.05, 0) is 30.3 Å². The van der Waals surface area contributed by atoms with Crippen LogP contribution in [-0.4, -0.2) is 23.1 Å². The van der Waals surface area contributed by atoms with Gasteiger partial charge in [-0.15, -0.1) is 0 Å². The van der Waals surface area contributed by atoms with Gasteiger partial charge in [0.05, 0.1) is 17.8 Å². The van der Waals surface area contributed by atoms with Crippen molar-refractivity contribution in [2.75, 3.05) is 4.90 Å². The highest BCUT2D eigenvalue weighted by molar-refractivity contribution is 6.31. The van der Waals surface area contributed by atoms with Crippen LogP contribution in [0.25, 0.3) is 0 Å². The molecule has 25 heavy (non-hydrogen) atoms. The molecule has 2 aromatic rings. The first-order valence-corrected chi connectivity index (χ1v) is 8.01. The monoisotopic (exact) mass is 358 g/mol. The summed E-state index contributed by atoms with van der Waals surface area (Å²) in [5.41, 5.74) is -0.407. The van der Waals surface area contributed by atoms with Crippen molar-refractivity contribution in [1.82, 2.24) is 0 Å². The van der Waals surface area contributed by atoms with E-state index in [1.807, 2.05) is 0 Å². The van der Waals surface area contributed by atoms with Gasteiger partial charge in [-0.3, -0.25) is 9.59 Å². The molecule has 1 spiro atoms. The fraction of sp³-hybridized carbons (Fsp3) is 0.167. The number of rotatable bonds is 2. The maximum Gasteiger partial charge on any atom is 0.281 e. The van der Waals surface area contributed by atoms with Crippen LogP contribution in [0, 0.1) is 5.82 Å². The third-order valence-corrected chi connectivity index (χ3v) is 4.58. The summed E-state index contributed by atoms with van der Waals surface area (Å²) in [6, 6.07) is 12.5. The molecule has 1 atom stereocenters. The van der Waals surface area contributed by atoms with E-state index in [0.29, 0.717) is 16.4 Å². The second kappa shape index (κ2) is 5.67.